The van der Waals surface area contributed by atoms with Crippen molar-refractivity contribution in [1.82, 2.24) is 5.32 Å². The molecule has 3 aromatic carbocycles. The Balaban J connectivity index is 1.60. The standard InChI is InChI=1S/C22H17F3N2O3/c23-17-10-11-18(21(25)20(17)24)27-19(28)12-26-22(29)16-9-5-4-6-14(16)13-30-15-7-2-1-3-8-15/h1-11H,12-13H2,(H,26,29)(H,27,28). The molecule has 0 atom stereocenters. The van der Waals surface area contributed by atoms with E-state index in [4.69, 9.17) is 4.74 Å². The van der Waals surface area contributed by atoms with Gasteiger partial charge in [-0.1, -0.05) is 36.4 Å². The zero-order chi connectivity index (χ0) is 21.5. The van der Waals surface area contributed by atoms with Crippen LogP contribution in [0, 0.1) is 17.5 Å². The molecule has 2 N–H and O–H groups in total. The minimum atomic E-state index is -1.69. The highest BCUT2D eigenvalue weighted by Gasteiger charge is 2.16. The van der Waals surface area contributed by atoms with Crippen LogP contribution < -0.4 is 15.4 Å². The summed E-state index contributed by atoms with van der Waals surface area (Å²) >= 11 is 0. The first-order valence-corrected chi connectivity index (χ1v) is 8.93. The molecule has 0 aliphatic rings. The van der Waals surface area contributed by atoms with Crippen LogP contribution in [-0.2, 0) is 11.4 Å². The predicted molar refractivity (Wildman–Crippen MR) is 104 cm³/mol. The predicted octanol–water partition coefficient (Wildman–Crippen LogP) is 4.05. The molecular formula is C22H17F3N2O3. The molecule has 5 nitrogen and oxygen atoms in total. The van der Waals surface area contributed by atoms with E-state index in [0.717, 1.165) is 6.07 Å². The van der Waals surface area contributed by atoms with E-state index in [0.29, 0.717) is 22.9 Å². The van der Waals surface area contributed by atoms with Crippen molar-refractivity contribution in [2.24, 2.45) is 0 Å². The van der Waals surface area contributed by atoms with Crippen LogP contribution in [0.2, 0.25) is 0 Å². The third-order valence-corrected chi connectivity index (χ3v) is 4.12. The largest absolute Gasteiger partial charge is 0.489 e. The second-order valence-corrected chi connectivity index (χ2v) is 6.21. The lowest BCUT2D eigenvalue weighted by Crippen LogP contribution is -2.33. The van der Waals surface area contributed by atoms with Gasteiger partial charge >= 0.3 is 0 Å². The first kappa shape index (κ1) is 20.9. The van der Waals surface area contributed by atoms with E-state index < -0.39 is 41.5 Å². The number of halogens is 3. The quantitative estimate of drug-likeness (QED) is 0.573. The molecule has 0 bridgehead atoms. The Labute approximate surface area is 170 Å². The minimum Gasteiger partial charge on any atom is -0.489 e. The molecule has 0 fully saturated rings. The maximum Gasteiger partial charge on any atom is 0.252 e. The van der Waals surface area contributed by atoms with Crippen LogP contribution in [0.4, 0.5) is 18.9 Å². The number of hydrogen-bond donors (Lipinski definition) is 2. The van der Waals surface area contributed by atoms with Gasteiger partial charge in [-0.3, -0.25) is 9.59 Å². The molecule has 8 heteroatoms. The summed E-state index contributed by atoms with van der Waals surface area (Å²) in [6, 6.07) is 17.3. The van der Waals surface area contributed by atoms with E-state index >= 15 is 0 Å². The highest BCUT2D eigenvalue weighted by atomic mass is 19.2. The molecule has 2 amide bonds. The second-order valence-electron chi connectivity index (χ2n) is 6.21. The van der Waals surface area contributed by atoms with Crippen LogP contribution in [-0.4, -0.2) is 18.4 Å². The lowest BCUT2D eigenvalue weighted by atomic mass is 10.1. The first-order valence-electron chi connectivity index (χ1n) is 8.93. The van der Waals surface area contributed by atoms with Gasteiger partial charge in [0, 0.05) is 11.1 Å². The summed E-state index contributed by atoms with van der Waals surface area (Å²) in [6.45, 7) is -0.356. The van der Waals surface area contributed by atoms with Gasteiger partial charge in [-0.2, -0.15) is 0 Å². The highest BCUT2D eigenvalue weighted by Crippen LogP contribution is 2.19. The third kappa shape index (κ3) is 5.16. The summed E-state index contributed by atoms with van der Waals surface area (Å²) in [5.74, 6) is -5.27. The molecule has 0 heterocycles. The number of carbonyl (C=O) groups excluding carboxylic acids is 2. The molecule has 3 aromatic rings. The SMILES string of the molecule is O=C(CNC(=O)c1ccccc1COc1ccccc1)Nc1ccc(F)c(F)c1F. The average molecular weight is 414 g/mol. The summed E-state index contributed by atoms with van der Waals surface area (Å²) in [5, 5.41) is 4.49. The monoisotopic (exact) mass is 414 g/mol. The van der Waals surface area contributed by atoms with Gasteiger partial charge in [-0.05, 0) is 30.3 Å². The molecule has 0 saturated heterocycles. The number of amides is 2. The molecule has 30 heavy (non-hydrogen) atoms. The zero-order valence-electron chi connectivity index (χ0n) is 15.6. The molecule has 0 aliphatic carbocycles. The lowest BCUT2D eigenvalue weighted by Gasteiger charge is -2.12. The van der Waals surface area contributed by atoms with Gasteiger partial charge in [0.05, 0.1) is 12.2 Å². The van der Waals surface area contributed by atoms with Crippen molar-refractivity contribution in [3.8, 4) is 5.75 Å². The second kappa shape index (κ2) is 9.60. The Morgan fingerprint density at radius 2 is 1.53 bits per heavy atom. The summed E-state index contributed by atoms with van der Waals surface area (Å²) < 4.78 is 45.5. The van der Waals surface area contributed by atoms with Crippen molar-refractivity contribution in [3.05, 3.63) is 95.3 Å². The first-order chi connectivity index (χ1) is 14.5. The van der Waals surface area contributed by atoms with E-state index in [1.807, 2.05) is 18.2 Å². The van der Waals surface area contributed by atoms with Gasteiger partial charge in [-0.15, -0.1) is 0 Å². The molecule has 0 unspecified atom stereocenters. The molecule has 0 aliphatic heterocycles. The molecule has 0 radical (unpaired) electrons. The van der Waals surface area contributed by atoms with Crippen LogP contribution in [0.5, 0.6) is 5.75 Å². The molecule has 0 spiro atoms. The Morgan fingerprint density at radius 3 is 2.30 bits per heavy atom. The van der Waals surface area contributed by atoms with Crippen LogP contribution in [0.3, 0.4) is 0 Å². The maximum atomic E-state index is 13.6. The van der Waals surface area contributed by atoms with Gasteiger partial charge in [0.25, 0.3) is 5.91 Å². The van der Waals surface area contributed by atoms with Crippen LogP contribution >= 0.6 is 0 Å². The number of benzene rings is 3. The van der Waals surface area contributed by atoms with Crippen molar-refractivity contribution in [3.63, 3.8) is 0 Å². The van der Waals surface area contributed by atoms with E-state index in [1.54, 1.807) is 36.4 Å². The lowest BCUT2D eigenvalue weighted by molar-refractivity contribution is -0.115. The third-order valence-electron chi connectivity index (χ3n) is 4.12. The van der Waals surface area contributed by atoms with Crippen molar-refractivity contribution >= 4 is 17.5 Å². The summed E-state index contributed by atoms with van der Waals surface area (Å²) in [6.07, 6.45) is 0. The van der Waals surface area contributed by atoms with Gasteiger partial charge in [0.1, 0.15) is 12.4 Å². The van der Waals surface area contributed by atoms with Gasteiger partial charge < -0.3 is 15.4 Å². The van der Waals surface area contributed by atoms with Crippen LogP contribution in [0.15, 0.2) is 66.7 Å². The minimum absolute atomic E-state index is 0.139. The topological polar surface area (TPSA) is 67.4 Å². The van der Waals surface area contributed by atoms with E-state index in [1.165, 1.54) is 0 Å². The average Bonchev–Trinajstić information content (AvgIpc) is 2.77. The van der Waals surface area contributed by atoms with E-state index in [9.17, 15) is 22.8 Å². The number of hydrogen-bond acceptors (Lipinski definition) is 3. The van der Waals surface area contributed by atoms with Gasteiger partial charge in [0.15, 0.2) is 17.5 Å². The number of anilines is 1. The summed E-state index contributed by atoms with van der Waals surface area (Å²) in [4.78, 5) is 24.4. The van der Waals surface area contributed by atoms with Gasteiger partial charge in [0.2, 0.25) is 5.91 Å². The fourth-order valence-electron chi connectivity index (χ4n) is 2.62. The molecule has 3 rings (SSSR count). The Hall–Kier alpha value is -3.81. The Bertz CT molecular complexity index is 1060. The number of carbonyl (C=O) groups is 2. The number of nitrogens with one attached hydrogen (secondary N) is 2. The molecule has 0 saturated carbocycles. The zero-order valence-corrected chi connectivity index (χ0v) is 15.6. The molecule has 154 valence electrons. The fourth-order valence-corrected chi connectivity index (χ4v) is 2.62. The fraction of sp³-hybridized carbons (Fsp3) is 0.0909. The number of ether oxygens (including phenoxy) is 1. The maximum absolute atomic E-state index is 13.6. The van der Waals surface area contributed by atoms with Crippen molar-refractivity contribution in [2.45, 2.75) is 6.61 Å². The molecule has 0 aromatic heterocycles. The molecular weight excluding hydrogens is 397 g/mol. The number of para-hydroxylation sites is 1. The van der Waals surface area contributed by atoms with E-state index in [-0.39, 0.29) is 6.61 Å². The normalized spacial score (nSPS) is 10.4. The van der Waals surface area contributed by atoms with E-state index in [2.05, 4.69) is 10.6 Å². The van der Waals surface area contributed by atoms with Crippen molar-refractivity contribution in [1.29, 1.82) is 0 Å². The summed E-state index contributed by atoms with van der Waals surface area (Å²) in [7, 11) is 0. The Kier molecular flexibility index (Phi) is 6.69. The highest BCUT2D eigenvalue weighted by molar-refractivity contribution is 6.00. The van der Waals surface area contributed by atoms with Crippen molar-refractivity contribution in [2.75, 3.05) is 11.9 Å². The van der Waals surface area contributed by atoms with Crippen LogP contribution in [0.25, 0.3) is 0 Å². The van der Waals surface area contributed by atoms with Crippen LogP contribution in [0.1, 0.15) is 15.9 Å². The summed E-state index contributed by atoms with van der Waals surface area (Å²) in [5.41, 5.74) is 0.385. The van der Waals surface area contributed by atoms with Gasteiger partial charge in [-0.25, -0.2) is 13.2 Å². The smallest absolute Gasteiger partial charge is 0.252 e. The van der Waals surface area contributed by atoms with Crippen molar-refractivity contribution < 1.29 is 27.5 Å². The number of rotatable bonds is 7. The Morgan fingerprint density at radius 1 is 0.833 bits per heavy atom.